The number of rotatable bonds is 12. The number of benzene rings is 4. The van der Waals surface area contributed by atoms with E-state index in [0.29, 0.717) is 33.8 Å². The molecule has 0 aliphatic rings. The van der Waals surface area contributed by atoms with Gasteiger partial charge in [0.2, 0.25) is 0 Å². The summed E-state index contributed by atoms with van der Waals surface area (Å²) in [5, 5.41) is 10.3. The molecule has 0 amide bonds. The lowest BCUT2D eigenvalue weighted by molar-refractivity contribution is 0.0697. The van der Waals surface area contributed by atoms with Gasteiger partial charge in [-0.05, 0) is 90.2 Å². The molecule has 0 radical (unpaired) electrons. The van der Waals surface area contributed by atoms with Crippen molar-refractivity contribution in [3.8, 4) is 11.3 Å². The molecule has 0 aliphatic heterocycles. The van der Waals surface area contributed by atoms with Crippen LogP contribution in [0.1, 0.15) is 52.6 Å². The van der Waals surface area contributed by atoms with E-state index in [9.17, 15) is 18.3 Å². The summed E-state index contributed by atoms with van der Waals surface area (Å²) >= 11 is 12.6. The van der Waals surface area contributed by atoms with Crippen LogP contribution >= 0.6 is 23.2 Å². The number of aryl methyl sites for hydroxylation is 1. The molecule has 0 atom stereocenters. The first-order chi connectivity index (χ1) is 22.0. The molecule has 1 N–H and O–H groups in total. The summed E-state index contributed by atoms with van der Waals surface area (Å²) < 4.78 is 29.9. The number of halogens is 2. The van der Waals surface area contributed by atoms with Crippen molar-refractivity contribution in [2.45, 2.75) is 37.6 Å². The number of anilines is 1. The maximum Gasteiger partial charge on any atom is 0.335 e. The normalized spacial score (nSPS) is 11.7. The molecular weight excluding hydrogens is 641 g/mol. The first kappa shape index (κ1) is 33.0. The van der Waals surface area contributed by atoms with E-state index < -0.39 is 16.0 Å². The third-order valence-electron chi connectivity index (χ3n) is 7.65. The fourth-order valence-electron chi connectivity index (χ4n) is 4.94. The highest BCUT2D eigenvalue weighted by Gasteiger charge is 2.21. The zero-order valence-corrected chi connectivity index (χ0v) is 27.7. The number of hydrogen-bond donors (Lipinski definition) is 1. The maximum atomic E-state index is 13.3. The van der Waals surface area contributed by atoms with Gasteiger partial charge in [0.05, 0.1) is 26.9 Å². The van der Waals surface area contributed by atoms with Crippen LogP contribution in [0.25, 0.3) is 23.4 Å². The molecule has 0 unspecified atom stereocenters. The Morgan fingerprint density at radius 1 is 0.913 bits per heavy atom. The van der Waals surface area contributed by atoms with Gasteiger partial charge in [-0.2, -0.15) is 0 Å². The second-order valence-electron chi connectivity index (χ2n) is 10.9. The Bertz CT molecular complexity index is 1970. The molecule has 0 saturated heterocycles. The monoisotopic (exact) mass is 673 g/mol. The summed E-state index contributed by atoms with van der Waals surface area (Å²) in [6.07, 6.45) is 8.73. The summed E-state index contributed by atoms with van der Waals surface area (Å²) in [5.74, 6) is -0.335. The van der Waals surface area contributed by atoms with Crippen molar-refractivity contribution in [1.29, 1.82) is 0 Å². The van der Waals surface area contributed by atoms with Crippen LogP contribution < -0.4 is 4.31 Å². The van der Waals surface area contributed by atoms with E-state index in [0.717, 1.165) is 41.5 Å². The molecule has 5 aromatic rings. The van der Waals surface area contributed by atoms with E-state index in [-0.39, 0.29) is 10.5 Å². The maximum absolute atomic E-state index is 13.3. The minimum atomic E-state index is -3.72. The van der Waals surface area contributed by atoms with Crippen molar-refractivity contribution >= 4 is 57.0 Å². The molecule has 0 bridgehead atoms. The molecule has 7 nitrogen and oxygen atoms in total. The molecule has 0 spiro atoms. The number of sulfonamides is 1. The molecule has 0 fully saturated rings. The molecule has 1 heterocycles. The second-order valence-corrected chi connectivity index (χ2v) is 13.7. The highest BCUT2D eigenvalue weighted by molar-refractivity contribution is 7.92. The highest BCUT2D eigenvalue weighted by atomic mass is 35.5. The van der Waals surface area contributed by atoms with Crippen molar-refractivity contribution in [1.82, 2.24) is 9.55 Å². The third kappa shape index (κ3) is 7.70. The van der Waals surface area contributed by atoms with Gasteiger partial charge in [0.1, 0.15) is 5.82 Å². The van der Waals surface area contributed by atoms with E-state index >= 15 is 0 Å². The Labute approximate surface area is 279 Å². The van der Waals surface area contributed by atoms with E-state index in [1.807, 2.05) is 53.2 Å². The zero-order valence-electron chi connectivity index (χ0n) is 25.4. The SMILES string of the molecule is CCCCc1ccc(S(=O)(=O)N(C)c2ccc(/C=C/c3nc(-c4ccc(Cl)cc4Cl)cn3Cc3ccc(C(=O)O)cc3)cc2)cc1. The van der Waals surface area contributed by atoms with E-state index in [1.54, 1.807) is 67.7 Å². The summed E-state index contributed by atoms with van der Waals surface area (Å²) in [4.78, 5) is 16.4. The number of hydrogen-bond acceptors (Lipinski definition) is 4. The molecule has 46 heavy (non-hydrogen) atoms. The molecular formula is C36H33Cl2N3O4S. The van der Waals surface area contributed by atoms with Crippen LogP contribution in [0.2, 0.25) is 10.0 Å². The van der Waals surface area contributed by atoms with Crippen LogP contribution in [0.15, 0.2) is 102 Å². The van der Waals surface area contributed by atoms with E-state index in [2.05, 4.69) is 6.92 Å². The molecule has 4 aromatic carbocycles. The fraction of sp³-hybridized carbons (Fsp3) is 0.167. The van der Waals surface area contributed by atoms with Gasteiger partial charge in [0.15, 0.2) is 0 Å². The van der Waals surface area contributed by atoms with Gasteiger partial charge in [-0.25, -0.2) is 18.2 Å². The summed E-state index contributed by atoms with van der Waals surface area (Å²) in [6.45, 7) is 2.57. The van der Waals surface area contributed by atoms with E-state index in [1.165, 1.54) is 4.31 Å². The number of carboxylic acids is 1. The van der Waals surface area contributed by atoms with Crippen molar-refractivity contribution < 1.29 is 18.3 Å². The lowest BCUT2D eigenvalue weighted by Crippen LogP contribution is -2.26. The minimum absolute atomic E-state index is 0.213. The lowest BCUT2D eigenvalue weighted by atomic mass is 10.1. The Morgan fingerprint density at radius 2 is 1.59 bits per heavy atom. The number of aromatic carboxylic acids is 1. The summed E-state index contributed by atoms with van der Waals surface area (Å²) in [7, 11) is -2.17. The quantitative estimate of drug-likeness (QED) is 0.143. The van der Waals surface area contributed by atoms with Crippen LogP contribution in [0, 0.1) is 0 Å². The van der Waals surface area contributed by atoms with Crippen molar-refractivity contribution in [2.24, 2.45) is 0 Å². The smallest absolute Gasteiger partial charge is 0.335 e. The van der Waals surface area contributed by atoms with Gasteiger partial charge in [-0.3, -0.25) is 4.31 Å². The van der Waals surface area contributed by atoms with E-state index in [4.69, 9.17) is 28.2 Å². The number of aromatic nitrogens is 2. The summed E-state index contributed by atoms with van der Waals surface area (Å²) in [5.41, 5.74) is 5.01. The zero-order chi connectivity index (χ0) is 32.8. The number of imidazole rings is 1. The predicted molar refractivity (Wildman–Crippen MR) is 186 cm³/mol. The minimum Gasteiger partial charge on any atom is -0.478 e. The van der Waals surface area contributed by atoms with Crippen LogP contribution in [-0.4, -0.2) is 36.1 Å². The average Bonchev–Trinajstić information content (AvgIpc) is 3.44. The van der Waals surface area contributed by atoms with Crippen molar-refractivity contribution in [3.05, 3.63) is 135 Å². The topological polar surface area (TPSA) is 92.5 Å². The van der Waals surface area contributed by atoms with Gasteiger partial charge in [0, 0.05) is 30.4 Å². The molecule has 0 saturated carbocycles. The Hall–Kier alpha value is -4.37. The first-order valence-corrected chi connectivity index (χ1v) is 17.0. The second kappa shape index (κ2) is 14.4. The standard InChI is InChI=1S/C36H33Cl2N3O4S/c1-3-4-5-25-10-18-31(19-11-25)46(44,45)40(2)30-16-8-26(9-17-30)12-21-35-39-34(32-20-15-29(37)22-33(32)38)24-41(35)23-27-6-13-28(14-7-27)36(42)43/h6-22,24H,3-5,23H2,1-2H3,(H,42,43)/b21-12+. The number of unbranched alkanes of at least 4 members (excludes halogenated alkanes) is 1. The van der Waals surface area contributed by atoms with Crippen molar-refractivity contribution in [2.75, 3.05) is 11.4 Å². The van der Waals surface area contributed by atoms with Gasteiger partial charge < -0.3 is 9.67 Å². The molecule has 236 valence electrons. The van der Waals surface area contributed by atoms with Crippen LogP contribution in [-0.2, 0) is 23.0 Å². The number of carboxylic acid groups (broad SMARTS) is 1. The third-order valence-corrected chi connectivity index (χ3v) is 10.00. The van der Waals surface area contributed by atoms with Crippen LogP contribution in [0.4, 0.5) is 5.69 Å². The molecule has 10 heteroatoms. The fourth-order valence-corrected chi connectivity index (χ4v) is 6.64. The molecule has 1 aromatic heterocycles. The Balaban J connectivity index is 1.38. The van der Waals surface area contributed by atoms with Gasteiger partial charge >= 0.3 is 5.97 Å². The van der Waals surface area contributed by atoms with Crippen LogP contribution in [0.3, 0.4) is 0 Å². The van der Waals surface area contributed by atoms with Gasteiger partial charge in [0.25, 0.3) is 10.0 Å². The van der Waals surface area contributed by atoms with Crippen LogP contribution in [0.5, 0.6) is 0 Å². The average molecular weight is 675 g/mol. The number of nitrogens with zero attached hydrogens (tertiary/aromatic N) is 3. The van der Waals surface area contributed by atoms with Crippen molar-refractivity contribution in [3.63, 3.8) is 0 Å². The summed E-state index contributed by atoms with van der Waals surface area (Å²) in [6, 6.07) is 26.3. The Morgan fingerprint density at radius 3 is 2.22 bits per heavy atom. The predicted octanol–water partition coefficient (Wildman–Crippen LogP) is 8.94. The van der Waals surface area contributed by atoms with Gasteiger partial charge in [-0.15, -0.1) is 0 Å². The lowest BCUT2D eigenvalue weighted by Gasteiger charge is -2.20. The first-order valence-electron chi connectivity index (χ1n) is 14.8. The molecule has 0 aliphatic carbocycles. The number of carbonyl (C=O) groups is 1. The highest BCUT2D eigenvalue weighted by Crippen LogP contribution is 2.31. The molecule has 5 rings (SSSR count). The largest absolute Gasteiger partial charge is 0.478 e. The van der Waals surface area contributed by atoms with Gasteiger partial charge in [-0.1, -0.05) is 79.0 Å². The Kier molecular flexibility index (Phi) is 10.3.